The number of benzene rings is 1. The summed E-state index contributed by atoms with van der Waals surface area (Å²) < 4.78 is 5.10. The fourth-order valence-corrected chi connectivity index (χ4v) is 1.32. The summed E-state index contributed by atoms with van der Waals surface area (Å²) >= 11 is 0. The molecule has 1 rings (SSSR count). The molecule has 0 atom stereocenters. The van der Waals surface area contributed by atoms with Crippen LogP contribution >= 0.6 is 0 Å². The van der Waals surface area contributed by atoms with Gasteiger partial charge in [-0.3, -0.25) is 0 Å². The van der Waals surface area contributed by atoms with E-state index in [1.54, 1.807) is 19.2 Å². The van der Waals surface area contributed by atoms with Gasteiger partial charge in [-0.15, -0.1) is 0 Å². The summed E-state index contributed by atoms with van der Waals surface area (Å²) in [5.41, 5.74) is 2.32. The Hall–Kier alpha value is -1.06. The van der Waals surface area contributed by atoms with E-state index < -0.39 is 6.29 Å². The lowest BCUT2D eigenvalue weighted by Gasteiger charge is -2.13. The van der Waals surface area contributed by atoms with Gasteiger partial charge in [-0.05, 0) is 31.0 Å². The Morgan fingerprint density at radius 1 is 1.15 bits per heavy atom. The van der Waals surface area contributed by atoms with Crippen molar-refractivity contribution in [3.63, 3.8) is 0 Å². The van der Waals surface area contributed by atoms with Gasteiger partial charge in [-0.1, -0.05) is 6.07 Å². The summed E-state index contributed by atoms with van der Waals surface area (Å²) in [6, 6.07) is 3.39. The molecule has 0 amide bonds. The van der Waals surface area contributed by atoms with Crippen LogP contribution in [0.2, 0.25) is 0 Å². The molecule has 0 aliphatic heterocycles. The summed E-state index contributed by atoms with van der Waals surface area (Å²) in [6.07, 6.45) is -1.41. The van der Waals surface area contributed by atoms with Gasteiger partial charge in [0, 0.05) is 5.56 Å². The van der Waals surface area contributed by atoms with Crippen molar-refractivity contribution in [1.82, 2.24) is 0 Å². The summed E-state index contributed by atoms with van der Waals surface area (Å²) in [7, 11) is 1.59. The monoisotopic (exact) mass is 182 g/mol. The van der Waals surface area contributed by atoms with E-state index in [1.807, 2.05) is 13.8 Å². The number of hydrogen-bond donors (Lipinski definition) is 2. The van der Waals surface area contributed by atoms with Gasteiger partial charge in [0.05, 0.1) is 7.11 Å². The molecule has 0 fully saturated rings. The number of methoxy groups -OCH3 is 1. The molecule has 0 radical (unpaired) electrons. The third-order valence-corrected chi connectivity index (χ3v) is 2.28. The fourth-order valence-electron chi connectivity index (χ4n) is 1.32. The molecule has 0 bridgehead atoms. The fraction of sp³-hybridized carbons (Fsp3) is 0.400. The van der Waals surface area contributed by atoms with Crippen LogP contribution in [-0.4, -0.2) is 17.3 Å². The molecule has 13 heavy (non-hydrogen) atoms. The van der Waals surface area contributed by atoms with Crippen LogP contribution in [0, 0.1) is 13.8 Å². The van der Waals surface area contributed by atoms with E-state index in [2.05, 4.69) is 0 Å². The molecule has 0 aromatic heterocycles. The average Bonchev–Trinajstić information content (AvgIpc) is 2.09. The van der Waals surface area contributed by atoms with Gasteiger partial charge in [0.15, 0.2) is 6.29 Å². The van der Waals surface area contributed by atoms with Gasteiger partial charge >= 0.3 is 0 Å². The Balaban J connectivity index is 3.23. The van der Waals surface area contributed by atoms with Gasteiger partial charge in [0.2, 0.25) is 0 Å². The number of aliphatic hydroxyl groups is 2. The van der Waals surface area contributed by atoms with Crippen LogP contribution < -0.4 is 4.74 Å². The van der Waals surface area contributed by atoms with Gasteiger partial charge in [-0.25, -0.2) is 0 Å². The first-order valence-electron chi connectivity index (χ1n) is 4.08. The summed E-state index contributed by atoms with van der Waals surface area (Å²) in [5.74, 6) is 0.766. The minimum Gasteiger partial charge on any atom is -0.496 e. The molecule has 1 aromatic rings. The molecule has 72 valence electrons. The van der Waals surface area contributed by atoms with Crippen molar-refractivity contribution in [2.24, 2.45) is 0 Å². The highest BCUT2D eigenvalue weighted by Gasteiger charge is 2.10. The molecule has 0 aliphatic carbocycles. The van der Waals surface area contributed by atoms with Crippen molar-refractivity contribution in [3.05, 3.63) is 28.8 Å². The topological polar surface area (TPSA) is 49.7 Å². The number of aliphatic hydroxyl groups excluding tert-OH is 1. The average molecular weight is 182 g/mol. The number of hydrogen-bond acceptors (Lipinski definition) is 3. The SMILES string of the molecule is COc1ccc(C(O)O)c(C)c1C. The molecule has 0 unspecified atom stereocenters. The van der Waals surface area contributed by atoms with E-state index in [-0.39, 0.29) is 0 Å². The van der Waals surface area contributed by atoms with E-state index >= 15 is 0 Å². The third kappa shape index (κ3) is 1.82. The van der Waals surface area contributed by atoms with Crippen LogP contribution in [0.5, 0.6) is 5.75 Å². The van der Waals surface area contributed by atoms with Crippen molar-refractivity contribution in [2.75, 3.05) is 7.11 Å². The molecule has 3 nitrogen and oxygen atoms in total. The molecule has 0 saturated heterocycles. The maximum atomic E-state index is 9.01. The Kier molecular flexibility index (Phi) is 2.90. The molecule has 1 aromatic carbocycles. The minimum absolute atomic E-state index is 0.526. The molecule has 0 saturated carbocycles. The lowest BCUT2D eigenvalue weighted by molar-refractivity contribution is -0.0429. The zero-order chi connectivity index (χ0) is 10.0. The quantitative estimate of drug-likeness (QED) is 0.678. The van der Waals surface area contributed by atoms with E-state index in [1.165, 1.54) is 0 Å². The second kappa shape index (κ2) is 3.77. The maximum Gasteiger partial charge on any atom is 0.178 e. The van der Waals surface area contributed by atoms with Gasteiger partial charge < -0.3 is 14.9 Å². The van der Waals surface area contributed by atoms with E-state index in [0.717, 1.165) is 16.9 Å². The summed E-state index contributed by atoms with van der Waals surface area (Å²) in [4.78, 5) is 0. The predicted octanol–water partition coefficient (Wildman–Crippen LogP) is 1.30. The lowest BCUT2D eigenvalue weighted by atomic mass is 10.0. The van der Waals surface area contributed by atoms with Gasteiger partial charge in [0.1, 0.15) is 5.75 Å². The highest BCUT2D eigenvalue weighted by atomic mass is 16.5. The van der Waals surface area contributed by atoms with Crippen molar-refractivity contribution >= 4 is 0 Å². The molecule has 0 heterocycles. The minimum atomic E-state index is -1.41. The highest BCUT2D eigenvalue weighted by Crippen LogP contribution is 2.26. The Labute approximate surface area is 77.6 Å². The number of rotatable bonds is 2. The molecular formula is C10H14O3. The zero-order valence-corrected chi connectivity index (χ0v) is 8.03. The van der Waals surface area contributed by atoms with Crippen LogP contribution in [0.3, 0.4) is 0 Å². The Morgan fingerprint density at radius 2 is 1.77 bits per heavy atom. The maximum absolute atomic E-state index is 9.01. The third-order valence-electron chi connectivity index (χ3n) is 2.28. The Bertz CT molecular complexity index is 305. The van der Waals surface area contributed by atoms with Crippen molar-refractivity contribution < 1.29 is 14.9 Å². The molecular weight excluding hydrogens is 168 g/mol. The second-order valence-electron chi connectivity index (χ2n) is 2.98. The van der Waals surface area contributed by atoms with Crippen LogP contribution in [0.4, 0.5) is 0 Å². The van der Waals surface area contributed by atoms with Crippen LogP contribution in [0.15, 0.2) is 12.1 Å². The second-order valence-corrected chi connectivity index (χ2v) is 2.98. The first kappa shape index (κ1) is 10.0. The first-order chi connectivity index (χ1) is 6.07. The molecule has 3 heteroatoms. The largest absolute Gasteiger partial charge is 0.496 e. The van der Waals surface area contributed by atoms with E-state index in [4.69, 9.17) is 14.9 Å². The van der Waals surface area contributed by atoms with Crippen LogP contribution in [0.25, 0.3) is 0 Å². The van der Waals surface area contributed by atoms with Crippen molar-refractivity contribution in [2.45, 2.75) is 20.1 Å². The standard InChI is InChI=1S/C10H14O3/c1-6-7(2)9(13-3)5-4-8(6)10(11)12/h4-5,10-12H,1-3H3. The van der Waals surface area contributed by atoms with Crippen LogP contribution in [0.1, 0.15) is 23.0 Å². The van der Waals surface area contributed by atoms with Crippen molar-refractivity contribution in [1.29, 1.82) is 0 Å². The summed E-state index contributed by atoms with van der Waals surface area (Å²) in [6.45, 7) is 3.73. The number of ether oxygens (including phenoxy) is 1. The summed E-state index contributed by atoms with van der Waals surface area (Å²) in [5, 5.41) is 18.0. The zero-order valence-electron chi connectivity index (χ0n) is 8.03. The van der Waals surface area contributed by atoms with Crippen molar-refractivity contribution in [3.8, 4) is 5.75 Å². The Morgan fingerprint density at radius 3 is 2.23 bits per heavy atom. The lowest BCUT2D eigenvalue weighted by Crippen LogP contribution is -2.01. The van der Waals surface area contributed by atoms with E-state index in [0.29, 0.717) is 5.56 Å². The van der Waals surface area contributed by atoms with Crippen LogP contribution in [-0.2, 0) is 0 Å². The predicted molar refractivity (Wildman–Crippen MR) is 49.6 cm³/mol. The molecule has 0 spiro atoms. The molecule has 2 N–H and O–H groups in total. The molecule has 0 aliphatic rings. The first-order valence-corrected chi connectivity index (χ1v) is 4.08. The normalized spacial score (nSPS) is 10.6. The highest BCUT2D eigenvalue weighted by molar-refractivity contribution is 5.43. The van der Waals surface area contributed by atoms with E-state index in [9.17, 15) is 0 Å². The van der Waals surface area contributed by atoms with Gasteiger partial charge in [-0.2, -0.15) is 0 Å². The smallest absolute Gasteiger partial charge is 0.178 e. The van der Waals surface area contributed by atoms with Gasteiger partial charge in [0.25, 0.3) is 0 Å².